The second-order valence-electron chi connectivity index (χ2n) is 10.5. The lowest BCUT2D eigenvalue weighted by Gasteiger charge is -2.18. The highest BCUT2D eigenvalue weighted by Crippen LogP contribution is 2.43. The molecule has 0 unspecified atom stereocenters. The van der Waals surface area contributed by atoms with Crippen LogP contribution in [0, 0.1) is 35.5 Å². The van der Waals surface area contributed by atoms with E-state index < -0.39 is 0 Å². The molecule has 6 nitrogen and oxygen atoms in total. The van der Waals surface area contributed by atoms with Crippen molar-refractivity contribution in [3.8, 4) is 70.0 Å². The highest BCUT2D eigenvalue weighted by atomic mass is 16.5. The number of benzene rings is 6. The molecular formula is C42H28N2O4. The quantitative estimate of drug-likeness (QED) is 0.0898. The van der Waals surface area contributed by atoms with Crippen molar-refractivity contribution in [2.24, 2.45) is 0 Å². The molecule has 6 aromatic carbocycles. The molecule has 6 rings (SSSR count). The lowest BCUT2D eigenvalue weighted by Crippen LogP contribution is -2.01. The number of nitrogen functional groups attached to an aromatic ring is 2. The maximum atomic E-state index is 10.1. The van der Waals surface area contributed by atoms with Gasteiger partial charge in [0.05, 0.1) is 22.5 Å². The molecule has 0 fully saturated rings. The molecule has 0 radical (unpaired) electrons. The molecule has 0 saturated heterocycles. The minimum atomic E-state index is -0.0839. The molecule has 6 aromatic rings. The molecule has 0 saturated carbocycles. The van der Waals surface area contributed by atoms with Gasteiger partial charge in [0.15, 0.2) is 11.5 Å². The Labute approximate surface area is 278 Å². The third-order valence-electron chi connectivity index (χ3n) is 7.01. The molecule has 0 atom stereocenters. The summed E-state index contributed by atoms with van der Waals surface area (Å²) in [5.41, 5.74) is 16.1. The predicted octanol–water partition coefficient (Wildman–Crippen LogP) is 8.05. The highest BCUT2D eigenvalue weighted by molar-refractivity contribution is 5.72. The number of anilines is 2. The molecule has 48 heavy (non-hydrogen) atoms. The summed E-state index contributed by atoms with van der Waals surface area (Å²) in [6.07, 6.45) is 0. The maximum absolute atomic E-state index is 10.1. The second kappa shape index (κ2) is 14.3. The first-order valence-electron chi connectivity index (χ1n) is 14.9. The predicted molar refractivity (Wildman–Crippen MR) is 189 cm³/mol. The SMILES string of the molecule is Nc1cc(Oc2c(C#Cc3ccccc3)cc(C#Cc3ccccc3)c(C#Cc3ccccc3)c2Oc2ccc(O)c(N)c2)ccc1O. The van der Waals surface area contributed by atoms with Gasteiger partial charge in [-0.25, -0.2) is 0 Å². The van der Waals surface area contributed by atoms with E-state index in [4.69, 9.17) is 20.9 Å². The van der Waals surface area contributed by atoms with Gasteiger partial charge in [-0.2, -0.15) is 0 Å². The van der Waals surface area contributed by atoms with Crippen molar-refractivity contribution in [2.45, 2.75) is 0 Å². The molecule has 6 heteroatoms. The minimum Gasteiger partial charge on any atom is -0.506 e. The van der Waals surface area contributed by atoms with E-state index in [1.807, 2.05) is 97.1 Å². The number of phenols is 2. The average Bonchev–Trinajstić information content (AvgIpc) is 3.11. The average molecular weight is 625 g/mol. The fraction of sp³-hybridized carbons (Fsp3) is 0. The Balaban J connectivity index is 1.66. The van der Waals surface area contributed by atoms with Gasteiger partial charge in [-0.15, -0.1) is 0 Å². The Kier molecular flexibility index (Phi) is 9.16. The monoisotopic (exact) mass is 624 g/mol. The van der Waals surface area contributed by atoms with E-state index >= 15 is 0 Å². The molecule has 0 aliphatic heterocycles. The molecule has 0 amide bonds. The summed E-state index contributed by atoms with van der Waals surface area (Å²) in [6, 6.07) is 39.5. The van der Waals surface area contributed by atoms with Gasteiger partial charge in [0, 0.05) is 34.4 Å². The Morgan fingerprint density at radius 2 is 0.833 bits per heavy atom. The van der Waals surface area contributed by atoms with Crippen LogP contribution < -0.4 is 20.9 Å². The normalized spacial score (nSPS) is 9.92. The number of nitrogens with two attached hydrogens (primary N) is 2. The zero-order valence-electron chi connectivity index (χ0n) is 25.6. The summed E-state index contributed by atoms with van der Waals surface area (Å²) >= 11 is 0. The zero-order chi connectivity index (χ0) is 33.3. The summed E-state index contributed by atoms with van der Waals surface area (Å²) < 4.78 is 13.0. The fourth-order valence-electron chi connectivity index (χ4n) is 4.56. The molecular weight excluding hydrogens is 596 g/mol. The summed E-state index contributed by atoms with van der Waals surface area (Å²) in [4.78, 5) is 0. The first-order valence-corrected chi connectivity index (χ1v) is 14.9. The molecule has 0 aliphatic carbocycles. The molecule has 0 aromatic heterocycles. The van der Waals surface area contributed by atoms with Crippen LogP contribution in [0.5, 0.6) is 34.5 Å². The van der Waals surface area contributed by atoms with Gasteiger partial charge < -0.3 is 31.2 Å². The third kappa shape index (κ3) is 7.53. The molecule has 0 bridgehead atoms. The van der Waals surface area contributed by atoms with E-state index in [1.54, 1.807) is 12.1 Å². The summed E-state index contributed by atoms with van der Waals surface area (Å²) in [7, 11) is 0. The van der Waals surface area contributed by atoms with Crippen molar-refractivity contribution in [3.63, 3.8) is 0 Å². The van der Waals surface area contributed by atoms with Crippen molar-refractivity contribution in [3.05, 3.63) is 167 Å². The first kappa shape index (κ1) is 30.8. The second-order valence-corrected chi connectivity index (χ2v) is 10.5. The third-order valence-corrected chi connectivity index (χ3v) is 7.01. The van der Waals surface area contributed by atoms with E-state index in [1.165, 1.54) is 24.3 Å². The van der Waals surface area contributed by atoms with Crippen LogP contribution in [-0.2, 0) is 0 Å². The smallest absolute Gasteiger partial charge is 0.188 e. The van der Waals surface area contributed by atoms with Crippen molar-refractivity contribution in [1.82, 2.24) is 0 Å². The fourth-order valence-corrected chi connectivity index (χ4v) is 4.56. The van der Waals surface area contributed by atoms with E-state index in [2.05, 4.69) is 35.5 Å². The van der Waals surface area contributed by atoms with Crippen LogP contribution in [0.3, 0.4) is 0 Å². The van der Waals surface area contributed by atoms with Gasteiger partial charge in [0.2, 0.25) is 0 Å². The first-order chi connectivity index (χ1) is 23.4. The topological polar surface area (TPSA) is 111 Å². The highest BCUT2D eigenvalue weighted by Gasteiger charge is 2.22. The number of rotatable bonds is 4. The number of aromatic hydroxyl groups is 2. The standard InChI is InChI=1S/C42H28N2O4/c43-37-27-34(21-24-39(37)45)47-41-33(20-17-30-12-6-2-7-13-30)26-32(19-16-29-10-4-1-5-11-29)36(23-18-31-14-8-3-9-15-31)42(41)48-35-22-25-40(46)38(44)28-35/h1-15,21-22,24-28,45-46H,43-44H2. The Morgan fingerprint density at radius 3 is 1.29 bits per heavy atom. The van der Waals surface area contributed by atoms with E-state index in [9.17, 15) is 10.2 Å². The lowest BCUT2D eigenvalue weighted by atomic mass is 10.00. The van der Waals surface area contributed by atoms with Gasteiger partial charge in [0.1, 0.15) is 23.0 Å². The largest absolute Gasteiger partial charge is 0.506 e. The van der Waals surface area contributed by atoms with Gasteiger partial charge in [-0.3, -0.25) is 0 Å². The van der Waals surface area contributed by atoms with Crippen molar-refractivity contribution >= 4 is 11.4 Å². The van der Waals surface area contributed by atoms with Gasteiger partial charge >= 0.3 is 0 Å². The van der Waals surface area contributed by atoms with Gasteiger partial charge in [0.25, 0.3) is 0 Å². The number of phenolic OH excluding ortho intramolecular Hbond substituents is 2. The molecule has 0 heterocycles. The van der Waals surface area contributed by atoms with E-state index in [0.717, 1.165) is 16.7 Å². The Bertz CT molecular complexity index is 2290. The maximum Gasteiger partial charge on any atom is 0.188 e. The minimum absolute atomic E-state index is 0.0802. The van der Waals surface area contributed by atoms with E-state index in [-0.39, 0.29) is 34.4 Å². The van der Waals surface area contributed by atoms with Crippen molar-refractivity contribution < 1.29 is 19.7 Å². The van der Waals surface area contributed by atoms with Crippen LogP contribution in [0.15, 0.2) is 133 Å². The summed E-state index contributed by atoms with van der Waals surface area (Å²) in [5, 5.41) is 20.2. The molecule has 6 N–H and O–H groups in total. The van der Waals surface area contributed by atoms with Crippen LogP contribution >= 0.6 is 0 Å². The lowest BCUT2D eigenvalue weighted by molar-refractivity contribution is 0.415. The van der Waals surface area contributed by atoms with Crippen molar-refractivity contribution in [2.75, 3.05) is 11.5 Å². The van der Waals surface area contributed by atoms with Crippen LogP contribution in [-0.4, -0.2) is 10.2 Å². The molecule has 0 spiro atoms. The zero-order valence-corrected chi connectivity index (χ0v) is 25.6. The van der Waals surface area contributed by atoms with Crippen LogP contribution in [0.25, 0.3) is 0 Å². The number of hydrogen-bond acceptors (Lipinski definition) is 6. The van der Waals surface area contributed by atoms with Gasteiger partial charge in [-0.1, -0.05) is 90.1 Å². The Morgan fingerprint density at radius 1 is 0.417 bits per heavy atom. The van der Waals surface area contributed by atoms with Crippen LogP contribution in [0.1, 0.15) is 33.4 Å². The molecule has 230 valence electrons. The van der Waals surface area contributed by atoms with Crippen molar-refractivity contribution in [1.29, 1.82) is 0 Å². The van der Waals surface area contributed by atoms with Crippen LogP contribution in [0.2, 0.25) is 0 Å². The summed E-state index contributed by atoms with van der Waals surface area (Å²) in [5.74, 6) is 20.4. The molecule has 0 aliphatic rings. The van der Waals surface area contributed by atoms with Crippen LogP contribution in [0.4, 0.5) is 11.4 Å². The number of hydrogen-bond donors (Lipinski definition) is 4. The Hall–Kier alpha value is -7.20. The summed E-state index contributed by atoms with van der Waals surface area (Å²) in [6.45, 7) is 0. The van der Waals surface area contributed by atoms with Gasteiger partial charge in [-0.05, 0) is 66.7 Å². The number of ether oxygens (including phenoxy) is 2. The van der Waals surface area contributed by atoms with E-state index in [0.29, 0.717) is 28.2 Å².